The summed E-state index contributed by atoms with van der Waals surface area (Å²) >= 11 is 0. The molecule has 3 aromatic rings. The van der Waals surface area contributed by atoms with Gasteiger partial charge in [-0.3, -0.25) is 4.99 Å². The molecule has 2 amide bonds. The van der Waals surface area contributed by atoms with Gasteiger partial charge < -0.3 is 25.0 Å². The van der Waals surface area contributed by atoms with Crippen molar-refractivity contribution >= 4 is 18.4 Å². The molecular formula is C31H36N4O3. The Balaban J connectivity index is 1.31. The number of benzene rings is 3. The molecule has 0 atom stereocenters. The number of rotatable bonds is 9. The summed E-state index contributed by atoms with van der Waals surface area (Å²) in [5, 5.41) is 6.11. The number of hydrogen-bond donors (Lipinski definition) is 2. The summed E-state index contributed by atoms with van der Waals surface area (Å²) in [7, 11) is 0. The zero-order valence-electron chi connectivity index (χ0n) is 22.0. The van der Waals surface area contributed by atoms with E-state index in [0.29, 0.717) is 30.3 Å². The van der Waals surface area contributed by atoms with Gasteiger partial charge in [0.05, 0.1) is 6.54 Å². The number of carbonyl (C=O) groups is 1. The van der Waals surface area contributed by atoms with Gasteiger partial charge in [-0.1, -0.05) is 49.4 Å². The quantitative estimate of drug-likeness (QED) is 0.353. The van der Waals surface area contributed by atoms with Gasteiger partial charge in [0.1, 0.15) is 0 Å². The molecule has 2 aliphatic rings. The predicted octanol–water partition coefficient (Wildman–Crippen LogP) is 5.85. The predicted molar refractivity (Wildman–Crippen MR) is 152 cm³/mol. The molecule has 7 heteroatoms. The van der Waals surface area contributed by atoms with Crippen molar-refractivity contribution in [3.8, 4) is 22.6 Å². The molecule has 0 spiro atoms. The molecule has 0 radical (unpaired) electrons. The summed E-state index contributed by atoms with van der Waals surface area (Å²) in [5.74, 6) is 1.34. The Hall–Kier alpha value is -3.84. The summed E-state index contributed by atoms with van der Waals surface area (Å²) in [6, 6.07) is 22.5. The van der Waals surface area contributed by atoms with Crippen molar-refractivity contribution in [1.82, 2.24) is 10.2 Å². The van der Waals surface area contributed by atoms with Crippen molar-refractivity contribution in [2.45, 2.75) is 38.1 Å². The molecule has 3 aromatic carbocycles. The monoisotopic (exact) mass is 512 g/mol. The minimum absolute atomic E-state index is 0.121. The third-order valence-electron chi connectivity index (χ3n) is 7.62. The van der Waals surface area contributed by atoms with Crippen LogP contribution in [-0.4, -0.2) is 50.6 Å². The first-order valence-corrected chi connectivity index (χ1v) is 13.4. The Morgan fingerprint density at radius 3 is 2.55 bits per heavy atom. The fraction of sp³-hybridized carbons (Fsp3) is 0.355. The molecule has 7 nitrogen and oxygen atoms in total. The number of piperidine rings is 1. The van der Waals surface area contributed by atoms with Gasteiger partial charge in [-0.15, -0.1) is 0 Å². The second-order valence-electron chi connectivity index (χ2n) is 10.2. The summed E-state index contributed by atoms with van der Waals surface area (Å²) in [6.45, 7) is 10.4. The molecule has 2 aliphatic heterocycles. The molecule has 1 fully saturated rings. The number of nitrogens with zero attached hydrogens (tertiary/aromatic N) is 2. The molecule has 2 heterocycles. The van der Waals surface area contributed by atoms with Crippen LogP contribution in [0.15, 0.2) is 71.7 Å². The number of fused-ring (bicyclic) bond motifs is 1. The highest BCUT2D eigenvalue weighted by Crippen LogP contribution is 2.37. The summed E-state index contributed by atoms with van der Waals surface area (Å²) < 4.78 is 10.8. The fourth-order valence-corrected chi connectivity index (χ4v) is 5.48. The Kier molecular flexibility index (Phi) is 7.94. The van der Waals surface area contributed by atoms with Crippen LogP contribution in [-0.2, 0) is 12.0 Å². The highest BCUT2D eigenvalue weighted by molar-refractivity contribution is 5.89. The first-order valence-electron chi connectivity index (χ1n) is 13.4. The van der Waals surface area contributed by atoms with Crippen molar-refractivity contribution in [1.29, 1.82) is 0 Å². The zero-order chi connectivity index (χ0) is 26.4. The van der Waals surface area contributed by atoms with E-state index in [2.05, 4.69) is 82.7 Å². The normalized spacial score (nSPS) is 16.1. The molecular weight excluding hydrogens is 476 g/mol. The Labute approximate surface area is 224 Å². The minimum Gasteiger partial charge on any atom is -0.454 e. The van der Waals surface area contributed by atoms with Crippen LogP contribution in [0.2, 0.25) is 0 Å². The second-order valence-corrected chi connectivity index (χ2v) is 10.2. The zero-order valence-corrected chi connectivity index (χ0v) is 22.0. The van der Waals surface area contributed by atoms with Crippen LogP contribution in [0.3, 0.4) is 0 Å². The van der Waals surface area contributed by atoms with E-state index in [-0.39, 0.29) is 18.2 Å². The van der Waals surface area contributed by atoms with Crippen LogP contribution >= 0.6 is 0 Å². The number of urea groups is 1. The van der Waals surface area contributed by atoms with E-state index in [1.807, 2.05) is 12.1 Å². The van der Waals surface area contributed by atoms with Crippen LogP contribution in [0.25, 0.3) is 11.1 Å². The molecule has 2 N–H and O–H groups in total. The van der Waals surface area contributed by atoms with Crippen LogP contribution in [0.1, 0.15) is 37.3 Å². The second kappa shape index (κ2) is 11.7. The Morgan fingerprint density at radius 2 is 1.79 bits per heavy atom. The lowest BCUT2D eigenvalue weighted by molar-refractivity contribution is 0.157. The van der Waals surface area contributed by atoms with Gasteiger partial charge in [-0.2, -0.15) is 0 Å². The third-order valence-corrected chi connectivity index (χ3v) is 7.62. The average Bonchev–Trinajstić information content (AvgIpc) is 3.42. The van der Waals surface area contributed by atoms with Gasteiger partial charge in [0.15, 0.2) is 11.5 Å². The van der Waals surface area contributed by atoms with Crippen molar-refractivity contribution in [2.75, 3.05) is 38.3 Å². The van der Waals surface area contributed by atoms with E-state index in [0.717, 1.165) is 44.5 Å². The lowest BCUT2D eigenvalue weighted by Crippen LogP contribution is -2.49. The number of amides is 2. The van der Waals surface area contributed by atoms with Crippen LogP contribution in [0.5, 0.6) is 11.5 Å². The lowest BCUT2D eigenvalue weighted by atomic mass is 9.72. The number of ether oxygens (including phenoxy) is 2. The van der Waals surface area contributed by atoms with Crippen LogP contribution < -0.4 is 20.1 Å². The van der Waals surface area contributed by atoms with Crippen molar-refractivity contribution in [3.05, 3.63) is 77.9 Å². The number of likely N-dealkylation sites (tertiary alicyclic amines) is 1. The van der Waals surface area contributed by atoms with E-state index in [9.17, 15) is 4.79 Å². The van der Waals surface area contributed by atoms with E-state index in [1.165, 1.54) is 16.7 Å². The van der Waals surface area contributed by atoms with E-state index in [4.69, 9.17) is 9.47 Å². The maximum Gasteiger partial charge on any atom is 0.319 e. The Bertz CT molecular complexity index is 1270. The largest absolute Gasteiger partial charge is 0.454 e. The maximum atomic E-state index is 12.9. The molecule has 0 bridgehead atoms. The highest BCUT2D eigenvalue weighted by atomic mass is 16.7. The molecule has 0 saturated carbocycles. The minimum atomic E-state index is -0.219. The maximum absolute atomic E-state index is 12.9. The van der Waals surface area contributed by atoms with Gasteiger partial charge in [-0.05, 0) is 86.1 Å². The number of anilines is 1. The van der Waals surface area contributed by atoms with Gasteiger partial charge in [0.2, 0.25) is 6.79 Å². The first-order chi connectivity index (χ1) is 18.6. The Morgan fingerprint density at radius 1 is 1.00 bits per heavy atom. The van der Waals surface area contributed by atoms with Crippen LogP contribution in [0, 0.1) is 0 Å². The van der Waals surface area contributed by atoms with E-state index < -0.39 is 0 Å². The molecule has 5 rings (SSSR count). The molecule has 0 aliphatic carbocycles. The topological polar surface area (TPSA) is 75.2 Å². The van der Waals surface area contributed by atoms with Gasteiger partial charge in [0.25, 0.3) is 0 Å². The van der Waals surface area contributed by atoms with Gasteiger partial charge >= 0.3 is 6.03 Å². The number of carbonyl (C=O) groups excluding carboxylic acids is 1. The average molecular weight is 513 g/mol. The third kappa shape index (κ3) is 5.83. The SMILES string of the molecule is C=NCc1cccc(-c2ccc(C3(CNC(=O)Nc4ccc5c(c4)OCO5)CCN(CCC)CC3)cc2)c1. The lowest BCUT2D eigenvalue weighted by Gasteiger charge is -2.42. The van der Waals surface area contributed by atoms with E-state index in [1.54, 1.807) is 6.07 Å². The number of nitrogens with one attached hydrogen (secondary N) is 2. The molecule has 0 aromatic heterocycles. The first kappa shape index (κ1) is 25.8. The fourth-order valence-electron chi connectivity index (χ4n) is 5.48. The number of hydrogen-bond acceptors (Lipinski definition) is 5. The summed E-state index contributed by atoms with van der Waals surface area (Å²) in [4.78, 5) is 19.4. The number of aliphatic imine (C=N–C) groups is 1. The molecule has 38 heavy (non-hydrogen) atoms. The van der Waals surface area contributed by atoms with E-state index >= 15 is 0 Å². The standard InChI is InChI=1S/C31H36N4O3/c1-3-15-35-16-13-31(14-17-35,21-33-30(36)34-27-11-12-28-29(19-27)38-22-37-28)26-9-7-24(8-10-26)25-6-4-5-23(18-25)20-32-2/h4-12,18-19H,2-3,13-17,20-22H2,1H3,(H2,33,34,36). The van der Waals surface area contributed by atoms with Gasteiger partial charge in [0, 0.05) is 23.7 Å². The van der Waals surface area contributed by atoms with Crippen LogP contribution in [0.4, 0.5) is 10.5 Å². The smallest absolute Gasteiger partial charge is 0.319 e. The molecule has 198 valence electrons. The summed E-state index contributed by atoms with van der Waals surface area (Å²) in [6.07, 6.45) is 3.15. The summed E-state index contributed by atoms with van der Waals surface area (Å²) in [5.41, 5.74) is 5.32. The van der Waals surface area contributed by atoms with Crippen molar-refractivity contribution in [3.63, 3.8) is 0 Å². The van der Waals surface area contributed by atoms with Crippen molar-refractivity contribution in [2.24, 2.45) is 4.99 Å². The molecule has 0 unspecified atom stereocenters. The highest BCUT2D eigenvalue weighted by Gasteiger charge is 2.36. The van der Waals surface area contributed by atoms with Gasteiger partial charge in [-0.25, -0.2) is 4.79 Å². The molecule has 1 saturated heterocycles. The van der Waals surface area contributed by atoms with Crippen molar-refractivity contribution < 1.29 is 14.3 Å².